The van der Waals surface area contributed by atoms with Gasteiger partial charge in [0.2, 0.25) is 12.3 Å². The van der Waals surface area contributed by atoms with Crippen molar-refractivity contribution in [2.24, 2.45) is 5.10 Å². The number of para-hydroxylation sites is 1. The molecule has 2 aromatic carbocycles. The number of amides is 1. The third kappa shape index (κ3) is 6.38. The first-order valence-corrected chi connectivity index (χ1v) is 11.3. The first kappa shape index (κ1) is 27.9. The molecule has 0 fully saturated rings. The van der Waals surface area contributed by atoms with E-state index in [0.29, 0.717) is 13.0 Å². The van der Waals surface area contributed by atoms with Crippen molar-refractivity contribution >= 4 is 40.3 Å². The van der Waals surface area contributed by atoms with E-state index in [2.05, 4.69) is 10.1 Å². The van der Waals surface area contributed by atoms with Gasteiger partial charge in [0.05, 0.1) is 16.1 Å². The summed E-state index contributed by atoms with van der Waals surface area (Å²) in [6, 6.07) is 7.84. The number of anilines is 1. The largest absolute Gasteiger partial charge is 0.480 e. The van der Waals surface area contributed by atoms with E-state index in [9.17, 15) is 27.5 Å². The van der Waals surface area contributed by atoms with Crippen molar-refractivity contribution in [3.8, 4) is 17.4 Å². The number of aliphatic hydroxyl groups excluding tert-OH is 1. The summed E-state index contributed by atoms with van der Waals surface area (Å²) in [4.78, 5) is 17.5. The number of alkyl halides is 3. The van der Waals surface area contributed by atoms with E-state index in [0.717, 1.165) is 24.1 Å². The molecule has 1 amide bonds. The maximum atomic E-state index is 14.4. The number of benzene rings is 2. The Labute approximate surface area is 214 Å². The van der Waals surface area contributed by atoms with Crippen molar-refractivity contribution in [1.82, 2.24) is 9.88 Å². The van der Waals surface area contributed by atoms with Crippen LogP contribution >= 0.6 is 11.6 Å². The van der Waals surface area contributed by atoms with Gasteiger partial charge in [-0.2, -0.15) is 13.2 Å². The summed E-state index contributed by atoms with van der Waals surface area (Å²) in [5, 5.41) is 14.7. The van der Waals surface area contributed by atoms with Crippen LogP contribution in [0.1, 0.15) is 13.8 Å². The number of carbonyl (C=O) groups is 1. The molecular formula is C24H23ClF4N4O4. The van der Waals surface area contributed by atoms with Crippen LogP contribution in [0.5, 0.6) is 17.4 Å². The SMILES string of the molecule is CCN(C)/C(CO)=N\N(C=O)c1cc(OC(C)C(F)(F)F)c2c(Oc3c(F)cccc3Cl)nccc2c1. The fraction of sp³-hybridized carbons (Fsp3) is 0.292. The van der Waals surface area contributed by atoms with Gasteiger partial charge >= 0.3 is 6.18 Å². The molecule has 0 aliphatic rings. The molecule has 13 heteroatoms. The Balaban J connectivity index is 2.22. The number of fused-ring (bicyclic) bond motifs is 1. The summed E-state index contributed by atoms with van der Waals surface area (Å²) in [7, 11) is 1.64. The zero-order chi connectivity index (χ0) is 27.3. The number of rotatable bonds is 9. The minimum Gasteiger partial charge on any atom is -0.480 e. The topological polar surface area (TPSA) is 87.5 Å². The van der Waals surface area contributed by atoms with Crippen molar-refractivity contribution in [3.05, 3.63) is 53.4 Å². The Morgan fingerprint density at radius 1 is 1.30 bits per heavy atom. The lowest BCUT2D eigenvalue weighted by Crippen LogP contribution is -2.32. The fourth-order valence-corrected chi connectivity index (χ4v) is 3.35. The number of pyridine rings is 1. The number of hydrazone groups is 1. The average Bonchev–Trinajstić information content (AvgIpc) is 2.85. The number of likely N-dealkylation sites (N-methyl/N-ethyl adjacent to an activating group) is 1. The van der Waals surface area contributed by atoms with Crippen molar-refractivity contribution in [2.75, 3.05) is 25.2 Å². The molecule has 0 radical (unpaired) electrons. The van der Waals surface area contributed by atoms with Gasteiger partial charge in [0.1, 0.15) is 12.4 Å². The van der Waals surface area contributed by atoms with Gasteiger partial charge in [-0.1, -0.05) is 17.7 Å². The minimum absolute atomic E-state index is 0.0236. The number of carbonyl (C=O) groups excluding carboxylic acids is 1. The van der Waals surface area contributed by atoms with Crippen molar-refractivity contribution < 1.29 is 36.9 Å². The van der Waals surface area contributed by atoms with Crippen molar-refractivity contribution in [2.45, 2.75) is 26.1 Å². The molecule has 1 N–H and O–H groups in total. The predicted octanol–water partition coefficient (Wildman–Crippen LogP) is 5.37. The Bertz CT molecular complexity index is 1290. The van der Waals surface area contributed by atoms with Crippen LogP contribution in [-0.4, -0.2) is 59.7 Å². The van der Waals surface area contributed by atoms with E-state index in [4.69, 9.17) is 21.1 Å². The molecule has 3 rings (SSSR count). The second-order valence-corrected chi connectivity index (χ2v) is 8.16. The minimum atomic E-state index is -4.73. The first-order valence-electron chi connectivity index (χ1n) is 10.9. The van der Waals surface area contributed by atoms with Crippen molar-refractivity contribution in [1.29, 1.82) is 0 Å². The van der Waals surface area contributed by atoms with E-state index in [1.807, 2.05) is 0 Å². The number of nitrogens with zero attached hydrogens (tertiary/aromatic N) is 4. The molecular weight excluding hydrogens is 520 g/mol. The number of amidine groups is 1. The van der Waals surface area contributed by atoms with Crippen molar-refractivity contribution in [3.63, 3.8) is 0 Å². The zero-order valence-electron chi connectivity index (χ0n) is 20.0. The third-order valence-electron chi connectivity index (χ3n) is 5.30. The highest BCUT2D eigenvalue weighted by Crippen LogP contribution is 2.41. The Morgan fingerprint density at radius 3 is 2.62 bits per heavy atom. The molecule has 0 saturated heterocycles. The van der Waals surface area contributed by atoms with E-state index in [1.165, 1.54) is 30.5 Å². The summed E-state index contributed by atoms with van der Waals surface area (Å²) < 4.78 is 65.4. The van der Waals surface area contributed by atoms with Gasteiger partial charge in [-0.05, 0) is 43.5 Å². The second-order valence-electron chi connectivity index (χ2n) is 7.75. The summed E-state index contributed by atoms with van der Waals surface area (Å²) in [5.41, 5.74) is 0.0309. The molecule has 1 atom stereocenters. The second kappa shape index (κ2) is 11.6. The lowest BCUT2D eigenvalue weighted by molar-refractivity contribution is -0.189. The smallest absolute Gasteiger partial charge is 0.425 e. The zero-order valence-corrected chi connectivity index (χ0v) is 20.7. The molecule has 198 valence electrons. The Kier molecular flexibility index (Phi) is 8.77. The van der Waals surface area contributed by atoms with Gasteiger partial charge in [0.25, 0.3) is 0 Å². The number of aromatic nitrogens is 1. The van der Waals surface area contributed by atoms with Gasteiger partial charge in [-0.3, -0.25) is 4.79 Å². The van der Waals surface area contributed by atoms with Crippen LogP contribution in [0.2, 0.25) is 5.02 Å². The van der Waals surface area contributed by atoms with E-state index >= 15 is 0 Å². The van der Waals surface area contributed by atoms with Crippen LogP contribution in [-0.2, 0) is 4.79 Å². The fourth-order valence-electron chi connectivity index (χ4n) is 3.15. The summed E-state index contributed by atoms with van der Waals surface area (Å²) >= 11 is 6.04. The number of hydrogen-bond acceptors (Lipinski definition) is 6. The van der Waals surface area contributed by atoms with E-state index < -0.39 is 24.7 Å². The molecule has 0 bridgehead atoms. The van der Waals surface area contributed by atoms with Gasteiger partial charge in [0.15, 0.2) is 23.5 Å². The van der Waals surface area contributed by atoms with Crippen LogP contribution in [0, 0.1) is 5.82 Å². The molecule has 1 aromatic heterocycles. The highest BCUT2D eigenvalue weighted by molar-refractivity contribution is 6.32. The normalized spacial score (nSPS) is 12.8. The quantitative estimate of drug-likeness (QED) is 0.129. The van der Waals surface area contributed by atoms with Crippen LogP contribution in [0.25, 0.3) is 10.8 Å². The van der Waals surface area contributed by atoms with Crippen LogP contribution < -0.4 is 14.5 Å². The third-order valence-corrected chi connectivity index (χ3v) is 5.60. The molecule has 0 saturated carbocycles. The van der Waals surface area contributed by atoms with Crippen LogP contribution in [0.4, 0.5) is 23.2 Å². The summed E-state index contributed by atoms with van der Waals surface area (Å²) in [5.74, 6) is -1.69. The molecule has 0 spiro atoms. The maximum Gasteiger partial charge on any atom is 0.425 e. The van der Waals surface area contributed by atoms with Crippen LogP contribution in [0.3, 0.4) is 0 Å². The van der Waals surface area contributed by atoms with Gasteiger partial charge in [0, 0.05) is 25.9 Å². The van der Waals surface area contributed by atoms with Gasteiger partial charge in [-0.25, -0.2) is 14.4 Å². The molecule has 1 unspecified atom stereocenters. The summed E-state index contributed by atoms with van der Waals surface area (Å²) in [6.07, 6.45) is -5.37. The Morgan fingerprint density at radius 2 is 2.03 bits per heavy atom. The lowest BCUT2D eigenvalue weighted by Gasteiger charge is -2.23. The highest BCUT2D eigenvalue weighted by Gasteiger charge is 2.38. The number of hydrogen-bond donors (Lipinski definition) is 1. The number of halogens is 5. The molecule has 0 aliphatic carbocycles. The molecule has 0 aliphatic heterocycles. The predicted molar refractivity (Wildman–Crippen MR) is 131 cm³/mol. The van der Waals surface area contributed by atoms with Crippen LogP contribution in [0.15, 0.2) is 47.7 Å². The maximum absolute atomic E-state index is 14.4. The van der Waals surface area contributed by atoms with Gasteiger partial charge < -0.3 is 19.5 Å². The highest BCUT2D eigenvalue weighted by atomic mass is 35.5. The molecule has 8 nitrogen and oxygen atoms in total. The van der Waals surface area contributed by atoms with E-state index in [-0.39, 0.29) is 44.7 Å². The molecule has 37 heavy (non-hydrogen) atoms. The number of ether oxygens (including phenoxy) is 2. The monoisotopic (exact) mass is 542 g/mol. The lowest BCUT2D eigenvalue weighted by atomic mass is 10.1. The standard InChI is InChI=1S/C24H23ClF4N4O4/c1-4-32(3)20(12-34)31-33(13-35)16-10-15-8-9-30-23(37-22-17(25)6-5-7-18(22)26)21(15)19(11-16)36-14(2)24(27,28)29/h5-11,13-14,34H,4,12H2,1-3H3/b31-20-. The number of aliphatic hydroxyl groups is 1. The molecule has 3 aromatic rings. The Hall–Kier alpha value is -3.64. The van der Waals surface area contributed by atoms with Gasteiger partial charge in [-0.15, -0.1) is 5.10 Å². The summed E-state index contributed by atoms with van der Waals surface area (Å²) in [6.45, 7) is 2.57. The van der Waals surface area contributed by atoms with E-state index in [1.54, 1.807) is 18.9 Å². The average molecular weight is 543 g/mol. The first-order chi connectivity index (χ1) is 17.5. The molecule has 1 heterocycles.